The number of amides is 2. The Hall–Kier alpha value is -1.14. The van der Waals surface area contributed by atoms with Gasteiger partial charge in [-0.1, -0.05) is 13.8 Å². The molecule has 3 atom stereocenters. The summed E-state index contributed by atoms with van der Waals surface area (Å²) >= 11 is 0. The number of likely N-dealkylation sites (N-methyl/N-ethyl adjacent to an activating group) is 1. The molecule has 2 aliphatic rings. The Bertz CT molecular complexity index is 433. The van der Waals surface area contributed by atoms with Crippen molar-refractivity contribution in [3.8, 4) is 0 Å². The molecule has 0 radical (unpaired) electrons. The lowest BCUT2D eigenvalue weighted by Gasteiger charge is -2.28. The fraction of sp³-hybridized carbons (Fsp3) is 0.889. The molecule has 0 bridgehead atoms. The molecule has 0 aliphatic carbocycles. The number of carbonyl (C=O) groups excluding carboxylic acids is 2. The van der Waals surface area contributed by atoms with Gasteiger partial charge in [-0.3, -0.25) is 9.59 Å². The minimum absolute atomic E-state index is 0.0305. The average molecular weight is 339 g/mol. The van der Waals surface area contributed by atoms with Gasteiger partial charge in [0, 0.05) is 25.7 Å². The summed E-state index contributed by atoms with van der Waals surface area (Å²) in [6, 6.07) is -0.00330. The van der Waals surface area contributed by atoms with Crippen molar-refractivity contribution in [3.63, 3.8) is 0 Å². The number of ether oxygens (including phenoxy) is 1. The number of hydrogen-bond donors (Lipinski definition) is 1. The summed E-state index contributed by atoms with van der Waals surface area (Å²) in [6.07, 6.45) is 3.44. The smallest absolute Gasteiger partial charge is 0.245 e. The Morgan fingerprint density at radius 1 is 1.29 bits per heavy atom. The van der Waals surface area contributed by atoms with Crippen LogP contribution in [-0.2, 0) is 14.3 Å². The molecule has 2 aliphatic heterocycles. The molecule has 138 valence electrons. The van der Waals surface area contributed by atoms with Crippen LogP contribution in [0.3, 0.4) is 0 Å². The van der Waals surface area contributed by atoms with Gasteiger partial charge in [0.15, 0.2) is 0 Å². The van der Waals surface area contributed by atoms with Gasteiger partial charge >= 0.3 is 0 Å². The van der Waals surface area contributed by atoms with Gasteiger partial charge < -0.3 is 19.9 Å². The van der Waals surface area contributed by atoms with Crippen LogP contribution in [0.25, 0.3) is 0 Å². The number of nitrogens with one attached hydrogen (secondary N) is 1. The van der Waals surface area contributed by atoms with Crippen molar-refractivity contribution in [2.45, 2.75) is 51.6 Å². The normalized spacial score (nSPS) is 26.0. The van der Waals surface area contributed by atoms with Crippen LogP contribution in [0.2, 0.25) is 0 Å². The minimum atomic E-state index is -0.416. The summed E-state index contributed by atoms with van der Waals surface area (Å²) < 4.78 is 5.40. The molecular formula is C18H33N3O3. The molecule has 2 saturated heterocycles. The molecule has 2 heterocycles. The molecule has 6 nitrogen and oxygen atoms in total. The van der Waals surface area contributed by atoms with Crippen molar-refractivity contribution < 1.29 is 14.3 Å². The van der Waals surface area contributed by atoms with E-state index in [2.05, 4.69) is 38.2 Å². The lowest BCUT2D eigenvalue weighted by Crippen LogP contribution is -2.51. The summed E-state index contributed by atoms with van der Waals surface area (Å²) in [5.41, 5.74) is 0. The zero-order valence-electron chi connectivity index (χ0n) is 15.6. The van der Waals surface area contributed by atoms with E-state index < -0.39 is 6.04 Å². The molecule has 2 fully saturated rings. The maximum atomic E-state index is 12.9. The predicted octanol–water partition coefficient (Wildman–Crippen LogP) is 1.11. The molecule has 1 N–H and O–H groups in total. The molecule has 0 spiro atoms. The molecule has 2 unspecified atom stereocenters. The minimum Gasteiger partial charge on any atom is -0.381 e. The van der Waals surface area contributed by atoms with E-state index in [4.69, 9.17) is 4.74 Å². The SMILES string of the molecule is CC(C)C[C@H](NC(=O)C1CCCOC1)C(=O)N1CCC(N(C)C)C1. The van der Waals surface area contributed by atoms with Crippen molar-refractivity contribution in [1.82, 2.24) is 15.1 Å². The van der Waals surface area contributed by atoms with Gasteiger partial charge in [-0.2, -0.15) is 0 Å². The Morgan fingerprint density at radius 3 is 2.58 bits per heavy atom. The third-order valence-electron chi connectivity index (χ3n) is 5.06. The topological polar surface area (TPSA) is 61.9 Å². The zero-order valence-corrected chi connectivity index (χ0v) is 15.6. The van der Waals surface area contributed by atoms with E-state index in [9.17, 15) is 9.59 Å². The first-order chi connectivity index (χ1) is 11.4. The Labute approximate surface area is 145 Å². The van der Waals surface area contributed by atoms with Gasteiger partial charge in [-0.05, 0) is 45.7 Å². The quantitative estimate of drug-likeness (QED) is 0.787. The second kappa shape index (κ2) is 8.81. The molecule has 0 aromatic carbocycles. The first kappa shape index (κ1) is 19.2. The lowest BCUT2D eigenvalue weighted by molar-refractivity contribution is -0.138. The molecule has 0 saturated carbocycles. The fourth-order valence-electron chi connectivity index (χ4n) is 3.51. The summed E-state index contributed by atoms with van der Waals surface area (Å²) in [5.74, 6) is 0.276. The van der Waals surface area contributed by atoms with E-state index in [1.54, 1.807) is 0 Å². The van der Waals surface area contributed by atoms with E-state index in [0.29, 0.717) is 25.0 Å². The van der Waals surface area contributed by atoms with E-state index in [-0.39, 0.29) is 17.7 Å². The van der Waals surface area contributed by atoms with Crippen LogP contribution in [0.15, 0.2) is 0 Å². The third-order valence-corrected chi connectivity index (χ3v) is 5.06. The number of rotatable bonds is 6. The van der Waals surface area contributed by atoms with Crippen LogP contribution in [0.4, 0.5) is 0 Å². The van der Waals surface area contributed by atoms with E-state index in [1.165, 1.54) is 0 Å². The van der Waals surface area contributed by atoms with Gasteiger partial charge in [-0.15, -0.1) is 0 Å². The van der Waals surface area contributed by atoms with Crippen LogP contribution >= 0.6 is 0 Å². The second-order valence-electron chi connectivity index (χ2n) is 7.80. The van der Waals surface area contributed by atoms with Crippen LogP contribution in [-0.4, -0.2) is 74.1 Å². The average Bonchev–Trinajstić information content (AvgIpc) is 3.04. The molecule has 2 amide bonds. The van der Waals surface area contributed by atoms with Crippen molar-refractivity contribution >= 4 is 11.8 Å². The third kappa shape index (κ3) is 5.18. The number of carbonyl (C=O) groups is 2. The van der Waals surface area contributed by atoms with Crippen LogP contribution in [0.5, 0.6) is 0 Å². The van der Waals surface area contributed by atoms with Crippen LogP contribution < -0.4 is 5.32 Å². The standard InChI is InChI=1S/C18H33N3O3/c1-13(2)10-16(19-17(22)14-6-5-9-24-12-14)18(23)21-8-7-15(11-21)20(3)4/h13-16H,5-12H2,1-4H3,(H,19,22)/t14?,15?,16-/m0/s1. The predicted molar refractivity (Wildman–Crippen MR) is 93.6 cm³/mol. The summed E-state index contributed by atoms with van der Waals surface area (Å²) in [4.78, 5) is 29.5. The Morgan fingerprint density at radius 2 is 2.04 bits per heavy atom. The first-order valence-electron chi connectivity index (χ1n) is 9.21. The van der Waals surface area contributed by atoms with Crippen molar-refractivity contribution in [2.24, 2.45) is 11.8 Å². The molecule has 0 aromatic rings. The lowest BCUT2D eigenvalue weighted by atomic mass is 9.98. The largest absolute Gasteiger partial charge is 0.381 e. The van der Waals surface area contributed by atoms with Gasteiger partial charge in [0.2, 0.25) is 11.8 Å². The molecular weight excluding hydrogens is 306 g/mol. The fourth-order valence-corrected chi connectivity index (χ4v) is 3.51. The van der Waals surface area contributed by atoms with E-state index >= 15 is 0 Å². The highest BCUT2D eigenvalue weighted by Gasteiger charge is 2.34. The number of hydrogen-bond acceptors (Lipinski definition) is 4. The molecule has 2 rings (SSSR count). The molecule has 24 heavy (non-hydrogen) atoms. The zero-order chi connectivity index (χ0) is 17.7. The van der Waals surface area contributed by atoms with Crippen LogP contribution in [0, 0.1) is 11.8 Å². The van der Waals surface area contributed by atoms with Gasteiger partial charge in [0.1, 0.15) is 6.04 Å². The van der Waals surface area contributed by atoms with Crippen molar-refractivity contribution in [1.29, 1.82) is 0 Å². The number of nitrogens with zero attached hydrogens (tertiary/aromatic N) is 2. The van der Waals surface area contributed by atoms with Crippen molar-refractivity contribution in [3.05, 3.63) is 0 Å². The Balaban J connectivity index is 1.96. The molecule has 0 aromatic heterocycles. The highest BCUT2D eigenvalue weighted by atomic mass is 16.5. The number of likely N-dealkylation sites (tertiary alicyclic amines) is 1. The first-order valence-corrected chi connectivity index (χ1v) is 9.21. The monoisotopic (exact) mass is 339 g/mol. The Kier molecular flexibility index (Phi) is 7.04. The summed E-state index contributed by atoms with van der Waals surface area (Å²) in [5, 5.41) is 3.02. The summed E-state index contributed by atoms with van der Waals surface area (Å²) in [7, 11) is 4.10. The van der Waals surface area contributed by atoms with Gasteiger partial charge in [-0.25, -0.2) is 0 Å². The second-order valence-corrected chi connectivity index (χ2v) is 7.80. The maximum Gasteiger partial charge on any atom is 0.245 e. The van der Waals surface area contributed by atoms with Crippen molar-refractivity contribution in [2.75, 3.05) is 40.4 Å². The maximum absolute atomic E-state index is 12.9. The van der Waals surface area contributed by atoms with Gasteiger partial charge in [0.25, 0.3) is 0 Å². The van der Waals surface area contributed by atoms with Crippen LogP contribution in [0.1, 0.15) is 39.5 Å². The van der Waals surface area contributed by atoms with E-state index in [0.717, 1.165) is 39.0 Å². The summed E-state index contributed by atoms with van der Waals surface area (Å²) in [6.45, 7) is 6.91. The highest BCUT2D eigenvalue weighted by molar-refractivity contribution is 5.88. The van der Waals surface area contributed by atoms with Gasteiger partial charge in [0.05, 0.1) is 12.5 Å². The van der Waals surface area contributed by atoms with E-state index in [1.807, 2.05) is 4.90 Å². The highest BCUT2D eigenvalue weighted by Crippen LogP contribution is 2.18. The molecule has 6 heteroatoms.